The van der Waals surface area contributed by atoms with Gasteiger partial charge in [-0.2, -0.15) is 18.3 Å². The molecule has 0 saturated carbocycles. The number of thioether (sulfide) groups is 1. The van der Waals surface area contributed by atoms with Crippen LogP contribution in [0.3, 0.4) is 0 Å². The van der Waals surface area contributed by atoms with Crippen molar-refractivity contribution in [2.24, 2.45) is 0 Å². The molecule has 0 fully saturated rings. The van der Waals surface area contributed by atoms with Crippen molar-refractivity contribution in [2.75, 3.05) is 11.1 Å². The quantitative estimate of drug-likeness (QED) is 0.360. The summed E-state index contributed by atoms with van der Waals surface area (Å²) >= 11 is 1.02. The zero-order chi connectivity index (χ0) is 22.0. The van der Waals surface area contributed by atoms with Gasteiger partial charge in [-0.15, -0.1) is 0 Å². The van der Waals surface area contributed by atoms with Crippen molar-refractivity contribution in [3.8, 4) is 5.69 Å². The van der Waals surface area contributed by atoms with E-state index < -0.39 is 17.6 Å². The second kappa shape index (κ2) is 8.26. The van der Waals surface area contributed by atoms with Crippen molar-refractivity contribution in [1.82, 2.24) is 19.7 Å². The minimum absolute atomic E-state index is 0.111. The molecule has 0 bridgehead atoms. The largest absolute Gasteiger partial charge is 0.416 e. The topological polar surface area (TPSA) is 92.7 Å². The Morgan fingerprint density at radius 1 is 1.10 bits per heavy atom. The molecule has 0 radical (unpaired) electrons. The smallest absolute Gasteiger partial charge is 0.325 e. The van der Waals surface area contributed by atoms with E-state index in [0.717, 1.165) is 23.9 Å². The Hall–Kier alpha value is -3.60. The number of aromatic nitrogens is 4. The number of nitrogens with one attached hydrogen (secondary N) is 2. The fraction of sp³-hybridized carbons (Fsp3) is 0.100. The van der Waals surface area contributed by atoms with Gasteiger partial charge in [-0.1, -0.05) is 30.0 Å². The zero-order valence-electron chi connectivity index (χ0n) is 15.7. The third-order valence-corrected chi connectivity index (χ3v) is 5.23. The van der Waals surface area contributed by atoms with Crippen molar-refractivity contribution >= 4 is 34.4 Å². The summed E-state index contributed by atoms with van der Waals surface area (Å²) in [6.45, 7) is 0. The highest BCUT2D eigenvalue weighted by molar-refractivity contribution is 7.99. The molecule has 11 heteroatoms. The summed E-state index contributed by atoms with van der Waals surface area (Å²) in [5, 5.41) is 9.60. The van der Waals surface area contributed by atoms with Gasteiger partial charge in [-0.05, 0) is 36.4 Å². The molecule has 2 aromatic carbocycles. The molecule has 2 heterocycles. The van der Waals surface area contributed by atoms with E-state index in [2.05, 4.69) is 20.5 Å². The number of benzene rings is 2. The fourth-order valence-corrected chi connectivity index (χ4v) is 3.65. The van der Waals surface area contributed by atoms with Crippen LogP contribution in [-0.4, -0.2) is 31.4 Å². The molecule has 2 aromatic heterocycles. The minimum atomic E-state index is -4.45. The molecule has 0 atom stereocenters. The van der Waals surface area contributed by atoms with Crippen LogP contribution in [0.2, 0.25) is 0 Å². The summed E-state index contributed by atoms with van der Waals surface area (Å²) in [4.78, 5) is 29.6. The second-order valence-electron chi connectivity index (χ2n) is 6.41. The van der Waals surface area contributed by atoms with Crippen LogP contribution >= 0.6 is 11.8 Å². The normalized spacial score (nSPS) is 11.6. The number of nitrogens with zero attached hydrogens (tertiary/aromatic N) is 3. The van der Waals surface area contributed by atoms with E-state index in [4.69, 9.17) is 0 Å². The molecule has 0 aliphatic carbocycles. The van der Waals surface area contributed by atoms with Crippen LogP contribution < -0.4 is 10.9 Å². The SMILES string of the molecule is O=C(CSc1nc2[nH]ncc2c(=O)n1-c1ccccc1)Nc1ccc(C(F)(F)F)cc1. The third kappa shape index (κ3) is 4.45. The van der Waals surface area contributed by atoms with Crippen LogP contribution in [0.5, 0.6) is 0 Å². The van der Waals surface area contributed by atoms with Gasteiger partial charge in [-0.25, -0.2) is 4.98 Å². The highest BCUT2D eigenvalue weighted by atomic mass is 32.2. The van der Waals surface area contributed by atoms with Gasteiger partial charge < -0.3 is 5.32 Å². The average molecular weight is 445 g/mol. The first-order chi connectivity index (χ1) is 14.8. The zero-order valence-corrected chi connectivity index (χ0v) is 16.5. The molecule has 4 rings (SSSR count). The van der Waals surface area contributed by atoms with Crippen LogP contribution in [0, 0.1) is 0 Å². The van der Waals surface area contributed by atoms with Crippen molar-refractivity contribution in [3.05, 3.63) is 76.7 Å². The van der Waals surface area contributed by atoms with E-state index in [-0.39, 0.29) is 22.2 Å². The molecule has 2 N–H and O–H groups in total. The standard InChI is InChI=1S/C20H14F3N5O2S/c21-20(22,23)12-6-8-13(9-7-12)25-16(29)11-31-19-26-17-15(10-24-27-17)18(30)28(19)14-4-2-1-3-5-14/h1-10H,11H2,(H,24,27)(H,25,29). The molecule has 158 valence electrons. The number of rotatable bonds is 5. The van der Waals surface area contributed by atoms with Gasteiger partial charge in [0, 0.05) is 5.69 Å². The van der Waals surface area contributed by atoms with Gasteiger partial charge in [0.25, 0.3) is 5.56 Å². The third-order valence-electron chi connectivity index (χ3n) is 4.29. The van der Waals surface area contributed by atoms with E-state index in [1.54, 1.807) is 24.3 Å². The molecule has 31 heavy (non-hydrogen) atoms. The number of carbonyl (C=O) groups is 1. The Bertz CT molecular complexity index is 1280. The maximum atomic E-state index is 12.9. The lowest BCUT2D eigenvalue weighted by atomic mass is 10.2. The van der Waals surface area contributed by atoms with Gasteiger partial charge in [-0.3, -0.25) is 19.3 Å². The van der Waals surface area contributed by atoms with E-state index in [0.29, 0.717) is 16.7 Å². The lowest BCUT2D eigenvalue weighted by Gasteiger charge is -2.12. The van der Waals surface area contributed by atoms with Crippen LogP contribution in [0.4, 0.5) is 18.9 Å². The fourth-order valence-electron chi connectivity index (χ4n) is 2.85. The van der Waals surface area contributed by atoms with Crippen molar-refractivity contribution in [3.63, 3.8) is 0 Å². The lowest BCUT2D eigenvalue weighted by Crippen LogP contribution is -2.22. The van der Waals surface area contributed by atoms with Gasteiger partial charge in [0.15, 0.2) is 10.8 Å². The number of hydrogen-bond acceptors (Lipinski definition) is 5. The molecule has 0 spiro atoms. The summed E-state index contributed by atoms with van der Waals surface area (Å²) in [6.07, 6.45) is -3.06. The number of aromatic amines is 1. The second-order valence-corrected chi connectivity index (χ2v) is 7.36. The first-order valence-electron chi connectivity index (χ1n) is 8.94. The van der Waals surface area contributed by atoms with Gasteiger partial charge in [0.1, 0.15) is 5.39 Å². The first kappa shape index (κ1) is 20.7. The Labute approximate surface area is 177 Å². The Kier molecular flexibility index (Phi) is 5.51. The number of H-pyrrole nitrogens is 1. The summed E-state index contributed by atoms with van der Waals surface area (Å²) in [6, 6.07) is 13.0. The Morgan fingerprint density at radius 2 is 1.81 bits per heavy atom. The van der Waals surface area contributed by atoms with E-state index in [9.17, 15) is 22.8 Å². The summed E-state index contributed by atoms with van der Waals surface area (Å²) in [7, 11) is 0. The summed E-state index contributed by atoms with van der Waals surface area (Å²) in [5.74, 6) is -0.566. The minimum Gasteiger partial charge on any atom is -0.325 e. The van der Waals surface area contributed by atoms with E-state index >= 15 is 0 Å². The van der Waals surface area contributed by atoms with Crippen molar-refractivity contribution < 1.29 is 18.0 Å². The predicted octanol–water partition coefficient (Wildman–Crippen LogP) is 3.86. The molecule has 7 nitrogen and oxygen atoms in total. The molecular weight excluding hydrogens is 431 g/mol. The lowest BCUT2D eigenvalue weighted by molar-refractivity contribution is -0.137. The molecule has 0 unspecified atom stereocenters. The Morgan fingerprint density at radius 3 is 2.48 bits per heavy atom. The number of halogens is 3. The van der Waals surface area contributed by atoms with Crippen molar-refractivity contribution in [2.45, 2.75) is 11.3 Å². The first-order valence-corrected chi connectivity index (χ1v) is 9.93. The highest BCUT2D eigenvalue weighted by Crippen LogP contribution is 2.30. The summed E-state index contributed by atoms with van der Waals surface area (Å²) < 4.78 is 39.4. The number of anilines is 1. The highest BCUT2D eigenvalue weighted by Gasteiger charge is 2.30. The molecule has 0 aliphatic rings. The van der Waals surface area contributed by atoms with Gasteiger partial charge in [0.05, 0.1) is 23.2 Å². The average Bonchev–Trinajstić information content (AvgIpc) is 3.22. The monoisotopic (exact) mass is 445 g/mol. The number of para-hydroxylation sites is 1. The summed E-state index contributed by atoms with van der Waals surface area (Å²) in [5.41, 5.74) is -0.0352. The molecule has 4 aromatic rings. The molecule has 0 aliphatic heterocycles. The molecular formula is C20H14F3N5O2S. The van der Waals surface area contributed by atoms with Gasteiger partial charge in [0.2, 0.25) is 5.91 Å². The maximum Gasteiger partial charge on any atom is 0.416 e. The van der Waals surface area contributed by atoms with E-state index in [1.807, 2.05) is 6.07 Å². The van der Waals surface area contributed by atoms with Crippen LogP contribution in [0.15, 0.2) is 70.7 Å². The van der Waals surface area contributed by atoms with Crippen molar-refractivity contribution in [1.29, 1.82) is 0 Å². The number of fused-ring (bicyclic) bond motifs is 1. The van der Waals surface area contributed by atoms with Crippen LogP contribution in [0.25, 0.3) is 16.7 Å². The number of alkyl halides is 3. The van der Waals surface area contributed by atoms with Gasteiger partial charge >= 0.3 is 6.18 Å². The number of amides is 1. The predicted molar refractivity (Wildman–Crippen MR) is 110 cm³/mol. The maximum absolute atomic E-state index is 12.9. The number of hydrogen-bond donors (Lipinski definition) is 2. The number of carbonyl (C=O) groups excluding carboxylic acids is 1. The Balaban J connectivity index is 1.55. The van der Waals surface area contributed by atoms with Crippen LogP contribution in [0.1, 0.15) is 5.56 Å². The molecule has 1 amide bonds. The van der Waals surface area contributed by atoms with Crippen LogP contribution in [-0.2, 0) is 11.0 Å². The molecule has 0 saturated heterocycles. The van der Waals surface area contributed by atoms with E-state index in [1.165, 1.54) is 22.9 Å².